The lowest BCUT2D eigenvalue weighted by atomic mass is 10.0. The Hall–Kier alpha value is -2.72. The van der Waals surface area contributed by atoms with E-state index in [1.54, 1.807) is 6.21 Å². The van der Waals surface area contributed by atoms with Gasteiger partial charge in [0.1, 0.15) is 11.9 Å². The number of fused-ring (bicyclic) bond motifs is 1. The van der Waals surface area contributed by atoms with Gasteiger partial charge in [0.05, 0.1) is 11.0 Å². The summed E-state index contributed by atoms with van der Waals surface area (Å²) in [5.74, 6) is 0.702. The summed E-state index contributed by atoms with van der Waals surface area (Å²) in [5.41, 5.74) is 6.67. The van der Waals surface area contributed by atoms with Crippen LogP contribution in [0.15, 0.2) is 59.1 Å². The molecule has 2 heterocycles. The van der Waals surface area contributed by atoms with Gasteiger partial charge in [-0.1, -0.05) is 35.9 Å². The zero-order chi connectivity index (χ0) is 18.1. The highest BCUT2D eigenvalue weighted by molar-refractivity contribution is 5.77. The highest BCUT2D eigenvalue weighted by atomic mass is 16.3. The third-order valence-electron chi connectivity index (χ3n) is 5.04. The van der Waals surface area contributed by atoms with Crippen LogP contribution >= 0.6 is 0 Å². The first-order valence-corrected chi connectivity index (χ1v) is 9.02. The fourth-order valence-electron chi connectivity index (χ4n) is 3.50. The molecule has 3 aromatic rings. The second-order valence-corrected chi connectivity index (χ2v) is 6.92. The Bertz CT molecular complexity index is 1010. The van der Waals surface area contributed by atoms with Crippen LogP contribution < -0.4 is 0 Å². The highest BCUT2D eigenvalue weighted by Crippen LogP contribution is 2.29. The molecular weight excluding hydrogens is 322 g/mol. The van der Waals surface area contributed by atoms with Crippen molar-refractivity contribution in [2.45, 2.75) is 32.9 Å². The lowest BCUT2D eigenvalue weighted by molar-refractivity contribution is 0.197. The van der Waals surface area contributed by atoms with E-state index >= 15 is 0 Å². The van der Waals surface area contributed by atoms with Crippen LogP contribution in [0.1, 0.15) is 35.0 Å². The maximum absolute atomic E-state index is 11.0. The van der Waals surface area contributed by atoms with Crippen LogP contribution in [0, 0.1) is 13.8 Å². The fourth-order valence-corrected chi connectivity index (χ4v) is 3.50. The summed E-state index contributed by atoms with van der Waals surface area (Å²) < 4.78 is 2.15. The fraction of sp³-hybridized carbons (Fsp3) is 0.273. The third kappa shape index (κ3) is 3.08. The normalized spacial score (nSPS) is 15.3. The van der Waals surface area contributed by atoms with Gasteiger partial charge in [0.2, 0.25) is 0 Å². The molecule has 4 nitrogen and oxygen atoms in total. The minimum Gasteiger partial charge on any atom is -0.381 e. The van der Waals surface area contributed by atoms with Crippen molar-refractivity contribution < 1.29 is 5.11 Å². The number of allylic oxidation sites excluding steroid dienone is 1. The Morgan fingerprint density at radius 1 is 1.15 bits per heavy atom. The average molecular weight is 345 g/mol. The molecule has 2 aromatic carbocycles. The number of aliphatic hydroxyl groups is 1. The molecule has 0 spiro atoms. The van der Waals surface area contributed by atoms with Gasteiger partial charge in [0.15, 0.2) is 0 Å². The number of aromatic nitrogens is 2. The quantitative estimate of drug-likeness (QED) is 0.773. The number of aliphatic imine (C=N–C) groups is 1. The van der Waals surface area contributed by atoms with Gasteiger partial charge in [0, 0.05) is 19.3 Å². The second-order valence-electron chi connectivity index (χ2n) is 6.92. The molecule has 0 saturated heterocycles. The van der Waals surface area contributed by atoms with Crippen LogP contribution in [0.4, 0.5) is 0 Å². The monoisotopic (exact) mass is 345 g/mol. The van der Waals surface area contributed by atoms with Gasteiger partial charge < -0.3 is 9.67 Å². The molecule has 4 rings (SSSR count). The molecule has 1 aliphatic rings. The summed E-state index contributed by atoms with van der Waals surface area (Å²) in [6, 6.07) is 14.6. The van der Waals surface area contributed by atoms with E-state index in [2.05, 4.69) is 47.7 Å². The van der Waals surface area contributed by atoms with Crippen LogP contribution in [0.5, 0.6) is 0 Å². The van der Waals surface area contributed by atoms with Crippen LogP contribution in [0.2, 0.25) is 0 Å². The Morgan fingerprint density at radius 3 is 2.81 bits per heavy atom. The van der Waals surface area contributed by atoms with E-state index in [9.17, 15) is 5.11 Å². The van der Waals surface area contributed by atoms with Crippen LogP contribution in [-0.4, -0.2) is 27.4 Å². The molecule has 132 valence electrons. The van der Waals surface area contributed by atoms with Gasteiger partial charge in [-0.2, -0.15) is 0 Å². The number of benzene rings is 2. The van der Waals surface area contributed by atoms with Gasteiger partial charge in [-0.15, -0.1) is 0 Å². The molecular formula is C22H23N3O. The predicted octanol–water partition coefficient (Wildman–Crippen LogP) is 4.14. The van der Waals surface area contributed by atoms with Gasteiger partial charge in [-0.05, 0) is 55.2 Å². The first-order valence-electron chi connectivity index (χ1n) is 9.02. The molecule has 26 heavy (non-hydrogen) atoms. The lowest BCUT2D eigenvalue weighted by Gasteiger charge is -2.18. The number of hydrogen-bond donors (Lipinski definition) is 1. The van der Waals surface area contributed by atoms with Gasteiger partial charge in [-0.3, -0.25) is 4.99 Å². The zero-order valence-corrected chi connectivity index (χ0v) is 15.2. The van der Waals surface area contributed by atoms with Crippen LogP contribution in [0.3, 0.4) is 0 Å². The number of imidazole rings is 1. The maximum Gasteiger partial charge on any atom is 0.143 e. The van der Waals surface area contributed by atoms with E-state index in [-0.39, 0.29) is 0 Å². The highest BCUT2D eigenvalue weighted by Gasteiger charge is 2.22. The Morgan fingerprint density at radius 2 is 2.00 bits per heavy atom. The molecule has 0 fully saturated rings. The maximum atomic E-state index is 11.0. The van der Waals surface area contributed by atoms with Crippen molar-refractivity contribution in [2.24, 2.45) is 4.99 Å². The van der Waals surface area contributed by atoms with Crippen LogP contribution in [0.25, 0.3) is 11.0 Å². The third-order valence-corrected chi connectivity index (χ3v) is 5.04. The van der Waals surface area contributed by atoms with Crippen molar-refractivity contribution in [3.8, 4) is 0 Å². The van der Waals surface area contributed by atoms with Crippen molar-refractivity contribution >= 4 is 17.2 Å². The van der Waals surface area contributed by atoms with Gasteiger partial charge in [-0.25, -0.2) is 4.98 Å². The smallest absolute Gasteiger partial charge is 0.143 e. The first kappa shape index (κ1) is 16.7. The number of aryl methyl sites for hydroxylation is 2. The van der Waals surface area contributed by atoms with E-state index in [1.165, 1.54) is 16.7 Å². The molecule has 1 N–H and O–H groups in total. The van der Waals surface area contributed by atoms with Crippen molar-refractivity contribution in [1.82, 2.24) is 9.55 Å². The average Bonchev–Trinajstić information content (AvgIpc) is 3.03. The second kappa shape index (κ2) is 6.89. The summed E-state index contributed by atoms with van der Waals surface area (Å²) in [5, 5.41) is 11.0. The van der Waals surface area contributed by atoms with E-state index in [4.69, 9.17) is 4.98 Å². The molecule has 1 aliphatic heterocycles. The zero-order valence-electron chi connectivity index (χ0n) is 15.2. The lowest BCUT2D eigenvalue weighted by Crippen LogP contribution is -2.14. The molecule has 1 atom stereocenters. The molecule has 1 unspecified atom stereocenters. The molecule has 0 radical (unpaired) electrons. The van der Waals surface area contributed by atoms with Crippen molar-refractivity contribution in [3.05, 3.63) is 76.6 Å². The van der Waals surface area contributed by atoms with E-state index in [0.29, 0.717) is 12.4 Å². The summed E-state index contributed by atoms with van der Waals surface area (Å²) in [6.45, 7) is 5.66. The Kier molecular flexibility index (Phi) is 4.43. The van der Waals surface area contributed by atoms with Crippen molar-refractivity contribution in [2.75, 3.05) is 6.54 Å². The summed E-state index contributed by atoms with van der Waals surface area (Å²) >= 11 is 0. The van der Waals surface area contributed by atoms with Crippen LogP contribution in [-0.2, 0) is 6.54 Å². The minimum atomic E-state index is -0.709. The minimum absolute atomic E-state index is 0.696. The van der Waals surface area contributed by atoms with E-state index in [1.807, 2.05) is 24.3 Å². The number of hydrogen-bond acceptors (Lipinski definition) is 3. The summed E-state index contributed by atoms with van der Waals surface area (Å²) in [7, 11) is 0. The predicted molar refractivity (Wildman–Crippen MR) is 106 cm³/mol. The Labute approximate surface area is 153 Å². The number of dihydropyridines is 1. The van der Waals surface area contributed by atoms with E-state index < -0.39 is 6.10 Å². The van der Waals surface area contributed by atoms with E-state index in [0.717, 1.165) is 29.6 Å². The standard InChI is InChI=1S/C22H23N3O/c1-15-7-8-16(2)18(13-15)14-25-20-6-4-3-5-19(20)24-22(25)21(26)17-9-11-23-12-10-17/h3-9,11,13,21,26H,10,12,14H2,1-2H3. The molecule has 0 aliphatic carbocycles. The largest absolute Gasteiger partial charge is 0.381 e. The number of rotatable bonds is 4. The number of nitrogens with zero attached hydrogens (tertiary/aromatic N) is 3. The van der Waals surface area contributed by atoms with Crippen molar-refractivity contribution in [1.29, 1.82) is 0 Å². The molecule has 0 bridgehead atoms. The SMILES string of the molecule is Cc1ccc(C)c(Cn2c(C(O)C3=CC=NCC3)nc3ccccc32)c1. The number of aliphatic hydroxyl groups excluding tert-OH is 1. The molecule has 4 heteroatoms. The van der Waals surface area contributed by atoms with Gasteiger partial charge >= 0.3 is 0 Å². The first-order chi connectivity index (χ1) is 12.6. The molecule has 0 saturated carbocycles. The Balaban J connectivity index is 1.83. The summed E-state index contributed by atoms with van der Waals surface area (Å²) in [6.07, 6.45) is 3.75. The topological polar surface area (TPSA) is 50.4 Å². The summed E-state index contributed by atoms with van der Waals surface area (Å²) in [4.78, 5) is 8.98. The van der Waals surface area contributed by atoms with Crippen molar-refractivity contribution in [3.63, 3.8) is 0 Å². The molecule has 1 aromatic heterocycles. The molecule has 0 amide bonds. The van der Waals surface area contributed by atoms with Gasteiger partial charge in [0.25, 0.3) is 0 Å². The number of para-hydroxylation sites is 2.